The van der Waals surface area contributed by atoms with Crippen molar-refractivity contribution in [2.24, 2.45) is 0 Å². The number of anilines is 1. The van der Waals surface area contributed by atoms with E-state index in [4.69, 9.17) is 16.3 Å². The van der Waals surface area contributed by atoms with E-state index in [-0.39, 0.29) is 5.91 Å². The lowest BCUT2D eigenvalue weighted by Gasteiger charge is -2.36. The quantitative estimate of drug-likeness (QED) is 0.681. The zero-order chi connectivity index (χ0) is 22.4. The zero-order valence-electron chi connectivity index (χ0n) is 17.5. The second kappa shape index (κ2) is 10.3. The highest BCUT2D eigenvalue weighted by molar-refractivity contribution is 7.92. The van der Waals surface area contributed by atoms with Crippen LogP contribution in [-0.4, -0.2) is 62.9 Å². The SMILES string of the molecule is COc1ccc(Cl)cc1NC(=O)[C@@H](C)N1CCN(S(=O)(=O)/C=C/c2ccccc2)CC1. The summed E-state index contributed by atoms with van der Waals surface area (Å²) < 4.78 is 32.0. The molecule has 0 aliphatic carbocycles. The lowest BCUT2D eigenvalue weighted by molar-refractivity contribution is -0.121. The molecule has 1 atom stereocenters. The molecule has 0 radical (unpaired) electrons. The number of hydrogen-bond acceptors (Lipinski definition) is 5. The van der Waals surface area contributed by atoms with E-state index in [9.17, 15) is 13.2 Å². The molecule has 1 fully saturated rings. The van der Waals surface area contributed by atoms with Gasteiger partial charge >= 0.3 is 0 Å². The highest BCUT2D eigenvalue weighted by atomic mass is 35.5. The van der Waals surface area contributed by atoms with E-state index < -0.39 is 16.1 Å². The second-order valence-electron chi connectivity index (χ2n) is 7.20. The minimum Gasteiger partial charge on any atom is -0.495 e. The molecule has 3 rings (SSSR count). The maximum Gasteiger partial charge on any atom is 0.241 e. The predicted octanol–water partition coefficient (Wildman–Crippen LogP) is 3.29. The normalized spacial score (nSPS) is 16.9. The average molecular weight is 464 g/mol. The Bertz CT molecular complexity index is 1040. The van der Waals surface area contributed by atoms with Crippen LogP contribution in [-0.2, 0) is 14.8 Å². The summed E-state index contributed by atoms with van der Waals surface area (Å²) in [7, 11) is -2.00. The number of piperazine rings is 1. The van der Waals surface area contributed by atoms with Gasteiger partial charge in [0, 0.05) is 36.6 Å². The molecule has 7 nitrogen and oxygen atoms in total. The van der Waals surface area contributed by atoms with Gasteiger partial charge in [-0.15, -0.1) is 0 Å². The van der Waals surface area contributed by atoms with E-state index >= 15 is 0 Å². The number of carbonyl (C=O) groups is 1. The third kappa shape index (κ3) is 6.07. The minimum atomic E-state index is -3.52. The molecule has 0 bridgehead atoms. The molecule has 1 aliphatic heterocycles. The van der Waals surface area contributed by atoms with E-state index in [0.717, 1.165) is 5.56 Å². The summed E-state index contributed by atoms with van der Waals surface area (Å²) in [4.78, 5) is 14.7. The van der Waals surface area contributed by atoms with E-state index in [2.05, 4.69) is 5.32 Å². The van der Waals surface area contributed by atoms with Crippen molar-refractivity contribution in [3.05, 3.63) is 64.5 Å². The van der Waals surface area contributed by atoms with E-state index in [1.807, 2.05) is 35.2 Å². The van der Waals surface area contributed by atoms with Crippen molar-refractivity contribution in [1.29, 1.82) is 0 Å². The fourth-order valence-corrected chi connectivity index (χ4v) is 4.69. The molecule has 1 amide bonds. The Balaban J connectivity index is 1.58. The van der Waals surface area contributed by atoms with Gasteiger partial charge in [0.15, 0.2) is 0 Å². The first kappa shape index (κ1) is 23.3. The Hall–Kier alpha value is -2.39. The second-order valence-corrected chi connectivity index (χ2v) is 9.46. The molecule has 1 heterocycles. The molecule has 31 heavy (non-hydrogen) atoms. The van der Waals surface area contributed by atoms with Crippen LogP contribution in [0.5, 0.6) is 5.75 Å². The number of benzene rings is 2. The molecule has 2 aromatic carbocycles. The summed E-state index contributed by atoms with van der Waals surface area (Å²) in [5, 5.41) is 4.57. The van der Waals surface area contributed by atoms with Gasteiger partial charge in [-0.05, 0) is 36.8 Å². The zero-order valence-corrected chi connectivity index (χ0v) is 19.1. The number of nitrogens with one attached hydrogen (secondary N) is 1. The molecule has 1 saturated heterocycles. The molecule has 2 aromatic rings. The van der Waals surface area contributed by atoms with Gasteiger partial charge in [0.1, 0.15) is 5.75 Å². The van der Waals surface area contributed by atoms with Gasteiger partial charge < -0.3 is 10.1 Å². The Morgan fingerprint density at radius 2 is 1.81 bits per heavy atom. The number of hydrogen-bond donors (Lipinski definition) is 1. The van der Waals surface area contributed by atoms with Crippen LogP contribution in [0.2, 0.25) is 5.02 Å². The molecular weight excluding hydrogens is 438 g/mol. The van der Waals surface area contributed by atoms with Gasteiger partial charge in [-0.3, -0.25) is 9.69 Å². The van der Waals surface area contributed by atoms with Crippen molar-refractivity contribution >= 4 is 39.3 Å². The summed E-state index contributed by atoms with van der Waals surface area (Å²) in [6, 6.07) is 13.9. The maximum absolute atomic E-state index is 12.7. The van der Waals surface area contributed by atoms with E-state index in [1.165, 1.54) is 16.8 Å². The van der Waals surface area contributed by atoms with Crippen molar-refractivity contribution in [3.63, 3.8) is 0 Å². The number of carbonyl (C=O) groups excluding carboxylic acids is 1. The minimum absolute atomic E-state index is 0.208. The fraction of sp³-hybridized carbons (Fsp3) is 0.318. The monoisotopic (exact) mass is 463 g/mol. The summed E-state index contributed by atoms with van der Waals surface area (Å²) in [6.07, 6.45) is 1.59. The van der Waals surface area contributed by atoms with Crippen LogP contribution in [0.1, 0.15) is 12.5 Å². The molecular formula is C22H26ClN3O4S. The van der Waals surface area contributed by atoms with Crippen LogP contribution in [0.25, 0.3) is 6.08 Å². The van der Waals surface area contributed by atoms with Crippen molar-refractivity contribution in [2.75, 3.05) is 38.6 Å². The van der Waals surface area contributed by atoms with Gasteiger partial charge in [0.25, 0.3) is 0 Å². The summed E-state index contributed by atoms with van der Waals surface area (Å²) in [5.41, 5.74) is 1.32. The first-order chi connectivity index (χ1) is 14.8. The van der Waals surface area contributed by atoms with Gasteiger partial charge in [-0.25, -0.2) is 8.42 Å². The van der Waals surface area contributed by atoms with Crippen molar-refractivity contribution in [3.8, 4) is 5.75 Å². The smallest absolute Gasteiger partial charge is 0.241 e. The van der Waals surface area contributed by atoms with Gasteiger partial charge in [-0.1, -0.05) is 41.9 Å². The van der Waals surface area contributed by atoms with Gasteiger partial charge in [-0.2, -0.15) is 4.31 Å². The van der Waals surface area contributed by atoms with Crippen LogP contribution in [0, 0.1) is 0 Å². The number of amides is 1. The molecule has 1 N–H and O–H groups in total. The first-order valence-corrected chi connectivity index (χ1v) is 11.8. The average Bonchev–Trinajstić information content (AvgIpc) is 2.78. The highest BCUT2D eigenvalue weighted by Crippen LogP contribution is 2.28. The van der Waals surface area contributed by atoms with Crippen LogP contribution in [0.4, 0.5) is 5.69 Å². The number of sulfonamides is 1. The molecule has 0 aromatic heterocycles. The lowest BCUT2D eigenvalue weighted by Crippen LogP contribution is -2.53. The number of halogens is 1. The Labute approximate surface area is 188 Å². The van der Waals surface area contributed by atoms with Crippen LogP contribution in [0.15, 0.2) is 53.9 Å². The molecule has 166 valence electrons. The topological polar surface area (TPSA) is 79.0 Å². The predicted molar refractivity (Wildman–Crippen MR) is 124 cm³/mol. The lowest BCUT2D eigenvalue weighted by atomic mass is 10.2. The number of nitrogens with zero attached hydrogens (tertiary/aromatic N) is 2. The van der Waals surface area contributed by atoms with Gasteiger partial charge in [0.2, 0.25) is 15.9 Å². The number of methoxy groups -OCH3 is 1. The van der Waals surface area contributed by atoms with E-state index in [0.29, 0.717) is 42.6 Å². The van der Waals surface area contributed by atoms with E-state index in [1.54, 1.807) is 31.2 Å². The number of ether oxygens (including phenoxy) is 1. The molecule has 0 spiro atoms. The molecule has 0 saturated carbocycles. The summed E-state index contributed by atoms with van der Waals surface area (Å²) >= 11 is 6.02. The maximum atomic E-state index is 12.7. The number of rotatable bonds is 7. The van der Waals surface area contributed by atoms with Gasteiger partial charge in [0.05, 0.1) is 18.8 Å². The highest BCUT2D eigenvalue weighted by Gasteiger charge is 2.30. The van der Waals surface area contributed by atoms with Crippen molar-refractivity contribution in [1.82, 2.24) is 9.21 Å². The Morgan fingerprint density at radius 1 is 1.13 bits per heavy atom. The standard InChI is InChI=1S/C22H26ClN3O4S/c1-17(22(27)24-20-16-19(23)8-9-21(20)30-2)25-11-13-26(14-12-25)31(28,29)15-10-18-6-4-3-5-7-18/h3-10,15-17H,11-14H2,1-2H3,(H,24,27)/b15-10+/t17-/m1/s1. The van der Waals surface area contributed by atoms with Crippen LogP contribution in [0.3, 0.4) is 0 Å². The fourth-order valence-electron chi connectivity index (χ4n) is 3.34. The third-order valence-electron chi connectivity index (χ3n) is 5.21. The Morgan fingerprint density at radius 3 is 2.45 bits per heavy atom. The summed E-state index contributed by atoms with van der Waals surface area (Å²) in [5.74, 6) is 0.312. The summed E-state index contributed by atoms with van der Waals surface area (Å²) in [6.45, 7) is 3.35. The molecule has 0 unspecified atom stereocenters. The molecule has 9 heteroatoms. The Kier molecular flexibility index (Phi) is 7.72. The third-order valence-corrected chi connectivity index (χ3v) is 7.01. The van der Waals surface area contributed by atoms with Crippen LogP contribution >= 0.6 is 11.6 Å². The van der Waals surface area contributed by atoms with Crippen molar-refractivity contribution < 1.29 is 17.9 Å². The molecule has 1 aliphatic rings. The van der Waals surface area contributed by atoms with Crippen molar-refractivity contribution in [2.45, 2.75) is 13.0 Å². The first-order valence-electron chi connectivity index (χ1n) is 9.92. The largest absolute Gasteiger partial charge is 0.495 e. The van der Waals surface area contributed by atoms with Crippen LogP contribution < -0.4 is 10.1 Å².